The predicted octanol–water partition coefficient (Wildman–Crippen LogP) is 5.06. The van der Waals surface area contributed by atoms with Crippen LogP contribution in [-0.2, 0) is 4.79 Å². The van der Waals surface area contributed by atoms with Crippen LogP contribution in [0.3, 0.4) is 0 Å². The SMILES string of the molecule is COc1cc(/C=C2/SC(=O)N(c3ccc(Cl)cc3)C2=O)c(Br)cc1O. The number of halogens is 2. The lowest BCUT2D eigenvalue weighted by Gasteiger charge is -2.12. The van der Waals surface area contributed by atoms with Crippen LogP contribution in [0.2, 0.25) is 5.02 Å². The molecular formula is C17H11BrClNO4S. The molecule has 1 N–H and O–H groups in total. The molecule has 1 aliphatic heterocycles. The number of benzene rings is 2. The number of carbonyl (C=O) groups is 2. The van der Waals surface area contributed by atoms with Gasteiger partial charge < -0.3 is 9.84 Å². The number of hydrogen-bond acceptors (Lipinski definition) is 5. The highest BCUT2D eigenvalue weighted by molar-refractivity contribution is 9.10. The number of phenols is 1. The maximum atomic E-state index is 12.6. The zero-order valence-electron chi connectivity index (χ0n) is 12.8. The second kappa shape index (κ2) is 7.11. The molecule has 2 aromatic carbocycles. The van der Waals surface area contributed by atoms with E-state index in [1.54, 1.807) is 36.4 Å². The number of thioether (sulfide) groups is 1. The Hall–Kier alpha value is -1.96. The molecule has 5 nitrogen and oxygen atoms in total. The number of anilines is 1. The van der Waals surface area contributed by atoms with Crippen LogP contribution in [0.1, 0.15) is 5.56 Å². The molecule has 0 radical (unpaired) electrons. The average molecular weight is 441 g/mol. The second-order valence-corrected chi connectivity index (χ2v) is 7.32. The highest BCUT2D eigenvalue weighted by atomic mass is 79.9. The van der Waals surface area contributed by atoms with E-state index in [1.165, 1.54) is 13.2 Å². The first-order valence-corrected chi connectivity index (χ1v) is 8.99. The van der Waals surface area contributed by atoms with E-state index >= 15 is 0 Å². The molecule has 1 fully saturated rings. The number of carbonyl (C=O) groups excluding carboxylic acids is 2. The van der Waals surface area contributed by atoms with E-state index in [4.69, 9.17) is 16.3 Å². The van der Waals surface area contributed by atoms with Crippen molar-refractivity contribution in [3.8, 4) is 11.5 Å². The lowest BCUT2D eigenvalue weighted by molar-refractivity contribution is -0.113. The van der Waals surface area contributed by atoms with Crippen molar-refractivity contribution in [3.63, 3.8) is 0 Å². The van der Waals surface area contributed by atoms with Crippen LogP contribution in [-0.4, -0.2) is 23.4 Å². The molecule has 2 aromatic rings. The van der Waals surface area contributed by atoms with Crippen molar-refractivity contribution >= 4 is 62.2 Å². The molecule has 8 heteroatoms. The van der Waals surface area contributed by atoms with Gasteiger partial charge in [-0.2, -0.15) is 0 Å². The van der Waals surface area contributed by atoms with Gasteiger partial charge in [-0.05, 0) is 59.8 Å². The highest BCUT2D eigenvalue weighted by Crippen LogP contribution is 2.39. The van der Waals surface area contributed by atoms with Crippen LogP contribution >= 0.6 is 39.3 Å². The van der Waals surface area contributed by atoms with Gasteiger partial charge in [-0.25, -0.2) is 4.90 Å². The average Bonchev–Trinajstić information content (AvgIpc) is 2.85. The summed E-state index contributed by atoms with van der Waals surface area (Å²) in [6, 6.07) is 9.50. The zero-order valence-corrected chi connectivity index (χ0v) is 16.0. The summed E-state index contributed by atoms with van der Waals surface area (Å²) < 4.78 is 5.65. The maximum absolute atomic E-state index is 12.6. The van der Waals surface area contributed by atoms with E-state index in [-0.39, 0.29) is 21.6 Å². The largest absolute Gasteiger partial charge is 0.504 e. The summed E-state index contributed by atoms with van der Waals surface area (Å²) in [4.78, 5) is 26.2. The molecule has 1 saturated heterocycles. The number of phenolic OH excluding ortho intramolecular Hbond substituents is 1. The number of nitrogens with zero attached hydrogens (tertiary/aromatic N) is 1. The topological polar surface area (TPSA) is 66.8 Å². The fraction of sp³-hybridized carbons (Fsp3) is 0.0588. The summed E-state index contributed by atoms with van der Waals surface area (Å²) in [5.41, 5.74) is 1.06. The summed E-state index contributed by atoms with van der Waals surface area (Å²) in [6.07, 6.45) is 1.58. The molecule has 0 unspecified atom stereocenters. The Labute approximate surface area is 161 Å². The third kappa shape index (κ3) is 3.53. The lowest BCUT2D eigenvalue weighted by atomic mass is 10.2. The van der Waals surface area contributed by atoms with Gasteiger partial charge in [-0.3, -0.25) is 9.59 Å². The molecule has 0 saturated carbocycles. The standard InChI is InChI=1S/C17H11BrClNO4S/c1-24-14-6-9(12(18)8-13(14)21)7-15-16(22)20(17(23)25-15)11-4-2-10(19)3-5-11/h2-8,21H,1H3/b15-7+. The van der Waals surface area contributed by atoms with Crippen molar-refractivity contribution in [3.05, 3.63) is 56.4 Å². The number of imide groups is 1. The monoisotopic (exact) mass is 439 g/mol. The van der Waals surface area contributed by atoms with Crippen LogP contribution < -0.4 is 9.64 Å². The Balaban J connectivity index is 1.97. The molecular weight excluding hydrogens is 430 g/mol. The van der Waals surface area contributed by atoms with Gasteiger partial charge in [0.15, 0.2) is 11.5 Å². The second-order valence-electron chi connectivity index (χ2n) is 5.04. The summed E-state index contributed by atoms with van der Waals surface area (Å²) in [6.45, 7) is 0. The Bertz CT molecular complexity index is 898. The molecule has 0 bridgehead atoms. The molecule has 3 rings (SSSR count). The number of hydrogen-bond donors (Lipinski definition) is 1. The van der Waals surface area contributed by atoms with Crippen molar-refractivity contribution in [2.24, 2.45) is 0 Å². The third-order valence-electron chi connectivity index (χ3n) is 3.46. The normalized spacial score (nSPS) is 16.0. The van der Waals surface area contributed by atoms with E-state index < -0.39 is 5.91 Å². The smallest absolute Gasteiger partial charge is 0.298 e. The minimum atomic E-state index is -0.420. The van der Waals surface area contributed by atoms with Crippen LogP contribution in [0.15, 0.2) is 45.8 Å². The van der Waals surface area contributed by atoms with E-state index in [0.717, 1.165) is 16.7 Å². The predicted molar refractivity (Wildman–Crippen MR) is 102 cm³/mol. The van der Waals surface area contributed by atoms with Gasteiger partial charge in [0, 0.05) is 9.50 Å². The van der Waals surface area contributed by atoms with Crippen molar-refractivity contribution in [2.45, 2.75) is 0 Å². The first kappa shape index (κ1) is 17.8. The Morgan fingerprint density at radius 1 is 1.24 bits per heavy atom. The number of rotatable bonds is 3. The fourth-order valence-electron chi connectivity index (χ4n) is 2.25. The van der Waals surface area contributed by atoms with E-state index in [1.807, 2.05) is 0 Å². The van der Waals surface area contributed by atoms with Crippen LogP contribution in [0.4, 0.5) is 10.5 Å². The van der Waals surface area contributed by atoms with E-state index in [2.05, 4.69) is 15.9 Å². The number of methoxy groups -OCH3 is 1. The number of ether oxygens (including phenoxy) is 1. The molecule has 0 aliphatic carbocycles. The zero-order chi connectivity index (χ0) is 18.1. The summed E-state index contributed by atoms with van der Waals surface area (Å²) >= 11 is 10.0. The highest BCUT2D eigenvalue weighted by Gasteiger charge is 2.36. The van der Waals surface area contributed by atoms with E-state index in [9.17, 15) is 14.7 Å². The molecule has 0 aromatic heterocycles. The lowest BCUT2D eigenvalue weighted by Crippen LogP contribution is -2.27. The molecule has 25 heavy (non-hydrogen) atoms. The molecule has 1 heterocycles. The number of amides is 2. The van der Waals surface area contributed by atoms with Gasteiger partial charge in [-0.15, -0.1) is 0 Å². The van der Waals surface area contributed by atoms with Crippen molar-refractivity contribution in [1.29, 1.82) is 0 Å². The van der Waals surface area contributed by atoms with Gasteiger partial charge in [0.1, 0.15) is 0 Å². The van der Waals surface area contributed by atoms with Crippen molar-refractivity contribution in [1.82, 2.24) is 0 Å². The van der Waals surface area contributed by atoms with Crippen LogP contribution in [0.5, 0.6) is 11.5 Å². The third-order valence-corrected chi connectivity index (χ3v) is 5.27. The summed E-state index contributed by atoms with van der Waals surface area (Å²) in [7, 11) is 1.43. The minimum absolute atomic E-state index is 0.0270. The minimum Gasteiger partial charge on any atom is -0.504 e. The van der Waals surface area contributed by atoms with Gasteiger partial charge in [0.2, 0.25) is 0 Å². The summed E-state index contributed by atoms with van der Waals surface area (Å²) in [5.74, 6) is -0.177. The van der Waals surface area contributed by atoms with Gasteiger partial charge >= 0.3 is 0 Å². The Morgan fingerprint density at radius 3 is 2.56 bits per heavy atom. The van der Waals surface area contributed by atoms with E-state index in [0.29, 0.717) is 20.7 Å². The first-order valence-electron chi connectivity index (χ1n) is 7.00. The van der Waals surface area contributed by atoms with Gasteiger partial charge in [0.05, 0.1) is 17.7 Å². The fourth-order valence-corrected chi connectivity index (χ4v) is 3.66. The Morgan fingerprint density at radius 2 is 1.92 bits per heavy atom. The van der Waals surface area contributed by atoms with Crippen LogP contribution in [0, 0.1) is 0 Å². The maximum Gasteiger partial charge on any atom is 0.298 e. The Kier molecular flexibility index (Phi) is 5.08. The quantitative estimate of drug-likeness (QED) is 0.676. The van der Waals surface area contributed by atoms with Gasteiger partial charge in [-0.1, -0.05) is 27.5 Å². The van der Waals surface area contributed by atoms with Crippen molar-refractivity contribution in [2.75, 3.05) is 12.0 Å². The molecule has 2 amide bonds. The molecule has 0 spiro atoms. The van der Waals surface area contributed by atoms with Crippen LogP contribution in [0.25, 0.3) is 6.08 Å². The molecule has 0 atom stereocenters. The number of aromatic hydroxyl groups is 1. The van der Waals surface area contributed by atoms with Gasteiger partial charge in [0.25, 0.3) is 11.1 Å². The molecule has 128 valence electrons. The first-order chi connectivity index (χ1) is 11.9. The summed E-state index contributed by atoms with van der Waals surface area (Å²) in [5, 5.41) is 9.89. The van der Waals surface area contributed by atoms with Crippen molar-refractivity contribution < 1.29 is 19.4 Å². The molecule has 1 aliphatic rings.